The molecule has 1 aromatic carbocycles. The molecule has 3 heteroatoms. The molecule has 1 aromatic rings. The summed E-state index contributed by atoms with van der Waals surface area (Å²) in [5.41, 5.74) is 0. The second-order valence-corrected chi connectivity index (χ2v) is 3.86. The molecule has 1 nitrogen and oxygen atoms in total. The molecule has 1 rings (SSSR count). The Kier molecular flexibility index (Phi) is 2.63. The quantitative estimate of drug-likeness (QED) is 0.652. The number of para-hydroxylation sites is 1. The van der Waals surface area contributed by atoms with E-state index < -0.39 is 4.52 Å². The summed E-state index contributed by atoms with van der Waals surface area (Å²) in [5, 5.41) is 0. The largest absolute Gasteiger partial charge is 0.458 e. The van der Waals surface area contributed by atoms with Crippen molar-refractivity contribution in [2.24, 2.45) is 0 Å². The van der Waals surface area contributed by atoms with Gasteiger partial charge in [0.05, 0.1) is 0 Å². The molecule has 0 aliphatic heterocycles. The zero-order valence-corrected chi connectivity index (χ0v) is 7.56. The molecule has 11 heavy (non-hydrogen) atoms. The standard InChI is InChI=1S/C8H8Cl2O/c1-8(9,10)11-7-5-3-2-4-6-7/h2-6H,1H3. The van der Waals surface area contributed by atoms with Gasteiger partial charge in [0.25, 0.3) is 4.52 Å². The maximum Gasteiger partial charge on any atom is 0.255 e. The third kappa shape index (κ3) is 3.49. The molecule has 0 N–H and O–H groups in total. The zero-order valence-electron chi connectivity index (χ0n) is 6.05. The maximum absolute atomic E-state index is 5.61. The Hall–Kier alpha value is -0.400. The molecule has 60 valence electrons. The van der Waals surface area contributed by atoms with E-state index in [1.54, 1.807) is 19.1 Å². The minimum atomic E-state index is -1.15. The van der Waals surface area contributed by atoms with E-state index >= 15 is 0 Å². The van der Waals surface area contributed by atoms with Gasteiger partial charge in [-0.1, -0.05) is 41.4 Å². The molecule has 0 atom stereocenters. The predicted molar refractivity (Wildman–Crippen MR) is 47.2 cm³/mol. The van der Waals surface area contributed by atoms with E-state index in [0.717, 1.165) is 0 Å². The highest BCUT2D eigenvalue weighted by molar-refractivity contribution is 6.47. The van der Waals surface area contributed by atoms with Crippen molar-refractivity contribution in [2.45, 2.75) is 11.4 Å². The van der Waals surface area contributed by atoms with Crippen molar-refractivity contribution in [3.8, 4) is 5.75 Å². The van der Waals surface area contributed by atoms with Crippen molar-refractivity contribution in [3.63, 3.8) is 0 Å². The summed E-state index contributed by atoms with van der Waals surface area (Å²) in [4.78, 5) is 0. The Morgan fingerprint density at radius 3 is 2.18 bits per heavy atom. The highest BCUT2D eigenvalue weighted by Crippen LogP contribution is 2.24. The van der Waals surface area contributed by atoms with Crippen LogP contribution in [0.1, 0.15) is 6.92 Å². The Morgan fingerprint density at radius 1 is 1.18 bits per heavy atom. The van der Waals surface area contributed by atoms with Crippen LogP contribution in [0.3, 0.4) is 0 Å². The Bertz CT molecular complexity index is 215. The number of ether oxygens (including phenoxy) is 1. The molecule has 0 radical (unpaired) electrons. The number of alkyl halides is 2. The van der Waals surface area contributed by atoms with Crippen molar-refractivity contribution in [1.29, 1.82) is 0 Å². The molecule has 0 aliphatic carbocycles. The molecule has 0 aliphatic rings. The van der Waals surface area contributed by atoms with Gasteiger partial charge in [0.15, 0.2) is 0 Å². The van der Waals surface area contributed by atoms with Gasteiger partial charge in [-0.3, -0.25) is 0 Å². The number of halogens is 2. The van der Waals surface area contributed by atoms with E-state index in [-0.39, 0.29) is 0 Å². The third-order valence-corrected chi connectivity index (χ3v) is 1.19. The molecule has 0 saturated heterocycles. The summed E-state index contributed by atoms with van der Waals surface area (Å²) in [6.45, 7) is 1.57. The van der Waals surface area contributed by atoms with E-state index in [1.165, 1.54) is 0 Å². The first-order chi connectivity index (χ1) is 5.08. The van der Waals surface area contributed by atoms with Crippen LogP contribution in [-0.2, 0) is 0 Å². The van der Waals surface area contributed by atoms with Crippen LogP contribution in [0.15, 0.2) is 30.3 Å². The van der Waals surface area contributed by atoms with E-state index in [2.05, 4.69) is 0 Å². The third-order valence-electron chi connectivity index (χ3n) is 1.04. The Morgan fingerprint density at radius 2 is 1.73 bits per heavy atom. The fourth-order valence-corrected chi connectivity index (χ4v) is 0.874. The first-order valence-electron chi connectivity index (χ1n) is 3.20. The molecule has 0 unspecified atom stereocenters. The van der Waals surface area contributed by atoms with Gasteiger partial charge in [0.1, 0.15) is 5.75 Å². The van der Waals surface area contributed by atoms with E-state index in [1.807, 2.05) is 18.2 Å². The first-order valence-corrected chi connectivity index (χ1v) is 3.95. The van der Waals surface area contributed by atoms with Crippen molar-refractivity contribution >= 4 is 23.2 Å². The topological polar surface area (TPSA) is 9.23 Å². The summed E-state index contributed by atoms with van der Waals surface area (Å²) in [6.07, 6.45) is 0. The SMILES string of the molecule is CC(Cl)(Cl)Oc1ccccc1. The van der Waals surface area contributed by atoms with Gasteiger partial charge < -0.3 is 4.74 Å². The highest BCUT2D eigenvalue weighted by Gasteiger charge is 2.17. The summed E-state index contributed by atoms with van der Waals surface area (Å²) >= 11 is 11.2. The smallest absolute Gasteiger partial charge is 0.255 e. The fraction of sp³-hybridized carbons (Fsp3) is 0.250. The molecular formula is C8H8Cl2O. The van der Waals surface area contributed by atoms with Gasteiger partial charge in [0.2, 0.25) is 0 Å². The summed E-state index contributed by atoms with van der Waals surface area (Å²) < 4.78 is 3.98. The van der Waals surface area contributed by atoms with Crippen LogP contribution in [0.25, 0.3) is 0 Å². The number of hydrogen-bond donors (Lipinski definition) is 0. The Labute approximate surface area is 75.9 Å². The van der Waals surface area contributed by atoms with Crippen molar-refractivity contribution in [2.75, 3.05) is 0 Å². The van der Waals surface area contributed by atoms with Crippen molar-refractivity contribution < 1.29 is 4.74 Å². The lowest BCUT2D eigenvalue weighted by Gasteiger charge is -2.15. The van der Waals surface area contributed by atoms with Crippen molar-refractivity contribution in [3.05, 3.63) is 30.3 Å². The van der Waals surface area contributed by atoms with Gasteiger partial charge in [-0.15, -0.1) is 0 Å². The van der Waals surface area contributed by atoms with Gasteiger partial charge in [0, 0.05) is 6.92 Å². The highest BCUT2D eigenvalue weighted by atomic mass is 35.5. The number of rotatable bonds is 2. The lowest BCUT2D eigenvalue weighted by Crippen LogP contribution is -2.15. The van der Waals surface area contributed by atoms with Crippen LogP contribution in [0.4, 0.5) is 0 Å². The first kappa shape index (κ1) is 8.69. The van der Waals surface area contributed by atoms with Crippen LogP contribution >= 0.6 is 23.2 Å². The molecule has 0 saturated carbocycles. The van der Waals surface area contributed by atoms with E-state index in [0.29, 0.717) is 5.75 Å². The van der Waals surface area contributed by atoms with E-state index in [4.69, 9.17) is 27.9 Å². The number of hydrogen-bond acceptors (Lipinski definition) is 1. The second kappa shape index (κ2) is 3.33. The van der Waals surface area contributed by atoms with Crippen molar-refractivity contribution in [1.82, 2.24) is 0 Å². The lowest BCUT2D eigenvalue weighted by atomic mass is 10.3. The average Bonchev–Trinajstić information content (AvgIpc) is 1.85. The lowest BCUT2D eigenvalue weighted by molar-refractivity contribution is 0.262. The van der Waals surface area contributed by atoms with Crippen LogP contribution < -0.4 is 4.74 Å². The van der Waals surface area contributed by atoms with Gasteiger partial charge in [-0.05, 0) is 12.1 Å². The summed E-state index contributed by atoms with van der Waals surface area (Å²) in [7, 11) is 0. The summed E-state index contributed by atoms with van der Waals surface area (Å²) in [6, 6.07) is 9.20. The summed E-state index contributed by atoms with van der Waals surface area (Å²) in [5.74, 6) is 0.667. The van der Waals surface area contributed by atoms with Crippen LogP contribution in [0.5, 0.6) is 5.75 Å². The van der Waals surface area contributed by atoms with Crippen LogP contribution in [0, 0.1) is 0 Å². The van der Waals surface area contributed by atoms with Gasteiger partial charge in [-0.25, -0.2) is 0 Å². The average molecular weight is 191 g/mol. The molecule has 0 fully saturated rings. The molecule has 0 bridgehead atoms. The van der Waals surface area contributed by atoms with Crippen LogP contribution in [0.2, 0.25) is 0 Å². The molecule has 0 aromatic heterocycles. The zero-order chi connectivity index (χ0) is 8.32. The molecule has 0 spiro atoms. The monoisotopic (exact) mass is 190 g/mol. The molecule has 0 heterocycles. The number of benzene rings is 1. The molecular weight excluding hydrogens is 183 g/mol. The predicted octanol–water partition coefficient (Wildman–Crippen LogP) is 3.22. The minimum absolute atomic E-state index is 0.667. The normalized spacial score (nSPS) is 11.2. The van der Waals surface area contributed by atoms with Gasteiger partial charge in [-0.2, -0.15) is 0 Å². The Balaban J connectivity index is 2.66. The fourth-order valence-electron chi connectivity index (χ4n) is 0.695. The minimum Gasteiger partial charge on any atom is -0.458 e. The van der Waals surface area contributed by atoms with E-state index in [9.17, 15) is 0 Å². The van der Waals surface area contributed by atoms with Gasteiger partial charge >= 0.3 is 0 Å². The second-order valence-electron chi connectivity index (χ2n) is 2.22. The van der Waals surface area contributed by atoms with Crippen LogP contribution in [-0.4, -0.2) is 4.52 Å². The molecule has 0 amide bonds. The maximum atomic E-state index is 5.61.